The molecule has 1 aromatic heterocycles. The van der Waals surface area contributed by atoms with Crippen molar-refractivity contribution in [2.75, 3.05) is 18.4 Å². The van der Waals surface area contributed by atoms with Crippen molar-refractivity contribution in [3.8, 4) is 6.07 Å². The largest absolute Gasteiger partial charge is 0.366 e. The van der Waals surface area contributed by atoms with Crippen molar-refractivity contribution in [2.24, 2.45) is 0 Å². The van der Waals surface area contributed by atoms with Gasteiger partial charge in [0, 0.05) is 25.5 Å². The number of hydrogen-bond donors (Lipinski definition) is 2. The van der Waals surface area contributed by atoms with E-state index in [-0.39, 0.29) is 24.6 Å². The van der Waals surface area contributed by atoms with E-state index < -0.39 is 23.1 Å². The molecule has 0 bridgehead atoms. The van der Waals surface area contributed by atoms with Crippen LogP contribution < -0.4 is 10.6 Å². The van der Waals surface area contributed by atoms with Gasteiger partial charge in [0.05, 0.1) is 0 Å². The number of carbonyl (C=O) groups excluding carboxylic acids is 1. The van der Waals surface area contributed by atoms with Crippen molar-refractivity contribution in [1.29, 1.82) is 5.26 Å². The first-order valence-electron chi connectivity index (χ1n) is 6.30. The van der Waals surface area contributed by atoms with Crippen LogP contribution >= 0.6 is 0 Å². The molecule has 0 atom stereocenters. The number of nitriles is 1. The summed E-state index contributed by atoms with van der Waals surface area (Å²) in [4.78, 5) is 19.5. The van der Waals surface area contributed by atoms with E-state index in [1.54, 1.807) is 0 Å². The monoisotopic (exact) mass is 303 g/mol. The Hall–Kier alpha value is -3.08. The Morgan fingerprint density at radius 1 is 1.18 bits per heavy atom. The molecule has 0 saturated carbocycles. The Morgan fingerprint density at radius 3 is 2.55 bits per heavy atom. The fourth-order valence-corrected chi connectivity index (χ4v) is 1.71. The Morgan fingerprint density at radius 2 is 1.86 bits per heavy atom. The zero-order chi connectivity index (χ0) is 15.9. The minimum atomic E-state index is -0.925. The van der Waals surface area contributed by atoms with Crippen LogP contribution in [0.4, 0.5) is 14.6 Å². The number of aromatic nitrogens is 2. The molecule has 0 saturated heterocycles. The lowest BCUT2D eigenvalue weighted by Crippen LogP contribution is -2.30. The third-order valence-electron chi connectivity index (χ3n) is 2.70. The van der Waals surface area contributed by atoms with Crippen molar-refractivity contribution < 1.29 is 13.6 Å². The van der Waals surface area contributed by atoms with Gasteiger partial charge in [-0.05, 0) is 12.1 Å². The van der Waals surface area contributed by atoms with E-state index in [4.69, 9.17) is 5.26 Å². The lowest BCUT2D eigenvalue weighted by molar-refractivity contribution is 0.0946. The van der Waals surface area contributed by atoms with Crippen molar-refractivity contribution in [3.05, 3.63) is 53.5 Å². The van der Waals surface area contributed by atoms with E-state index in [1.165, 1.54) is 18.5 Å². The van der Waals surface area contributed by atoms with E-state index >= 15 is 0 Å². The maximum absolute atomic E-state index is 13.4. The van der Waals surface area contributed by atoms with E-state index in [1.807, 2.05) is 6.07 Å². The zero-order valence-corrected chi connectivity index (χ0v) is 11.3. The first-order chi connectivity index (χ1) is 10.6. The van der Waals surface area contributed by atoms with Crippen LogP contribution in [0, 0.1) is 23.0 Å². The average Bonchev–Trinajstić information content (AvgIpc) is 2.51. The highest BCUT2D eigenvalue weighted by Crippen LogP contribution is 2.11. The van der Waals surface area contributed by atoms with Crippen LogP contribution in [0.5, 0.6) is 0 Å². The van der Waals surface area contributed by atoms with E-state index in [0.717, 1.165) is 12.1 Å². The molecule has 22 heavy (non-hydrogen) atoms. The van der Waals surface area contributed by atoms with Crippen LogP contribution in [0.25, 0.3) is 0 Å². The predicted molar refractivity (Wildman–Crippen MR) is 73.9 cm³/mol. The fourth-order valence-electron chi connectivity index (χ4n) is 1.71. The minimum absolute atomic E-state index is 0.0913. The van der Waals surface area contributed by atoms with Gasteiger partial charge in [-0.15, -0.1) is 0 Å². The molecule has 0 unspecified atom stereocenters. The minimum Gasteiger partial charge on any atom is -0.366 e. The highest BCUT2D eigenvalue weighted by molar-refractivity contribution is 5.94. The Bertz CT molecular complexity index is 709. The van der Waals surface area contributed by atoms with Gasteiger partial charge in [0.2, 0.25) is 0 Å². The number of hydrogen-bond acceptors (Lipinski definition) is 5. The van der Waals surface area contributed by atoms with Crippen molar-refractivity contribution in [3.63, 3.8) is 0 Å². The lowest BCUT2D eigenvalue weighted by Gasteiger charge is -2.08. The summed E-state index contributed by atoms with van der Waals surface area (Å²) in [5, 5.41) is 14.0. The van der Waals surface area contributed by atoms with Gasteiger partial charge in [-0.25, -0.2) is 18.7 Å². The van der Waals surface area contributed by atoms with E-state index in [0.29, 0.717) is 0 Å². The molecule has 0 fully saturated rings. The van der Waals surface area contributed by atoms with Crippen LogP contribution in [-0.4, -0.2) is 29.0 Å². The number of nitrogens with one attached hydrogen (secondary N) is 2. The molecule has 8 heteroatoms. The van der Waals surface area contributed by atoms with Crippen LogP contribution in [0.3, 0.4) is 0 Å². The summed E-state index contributed by atoms with van der Waals surface area (Å²) in [5.74, 6) is -2.43. The number of benzene rings is 1. The normalized spacial score (nSPS) is 9.86. The van der Waals surface area contributed by atoms with Crippen LogP contribution in [0.1, 0.15) is 16.1 Å². The van der Waals surface area contributed by atoms with Crippen LogP contribution in [0.2, 0.25) is 0 Å². The Balaban J connectivity index is 1.89. The fraction of sp³-hybridized carbons (Fsp3) is 0.143. The predicted octanol–water partition coefficient (Wildman–Crippen LogP) is 1.47. The van der Waals surface area contributed by atoms with Gasteiger partial charge in [-0.3, -0.25) is 4.79 Å². The first kappa shape index (κ1) is 15.3. The molecule has 0 aliphatic rings. The van der Waals surface area contributed by atoms with Gasteiger partial charge >= 0.3 is 0 Å². The summed E-state index contributed by atoms with van der Waals surface area (Å²) in [6.45, 7) is 0.309. The highest BCUT2D eigenvalue weighted by Gasteiger charge is 2.16. The van der Waals surface area contributed by atoms with Gasteiger partial charge in [-0.1, -0.05) is 6.07 Å². The lowest BCUT2D eigenvalue weighted by atomic mass is 10.2. The van der Waals surface area contributed by atoms with Gasteiger partial charge in [0.1, 0.15) is 23.3 Å². The quantitative estimate of drug-likeness (QED) is 0.816. The number of rotatable bonds is 5. The molecule has 0 spiro atoms. The summed E-state index contributed by atoms with van der Waals surface area (Å²) in [7, 11) is 0. The summed E-state index contributed by atoms with van der Waals surface area (Å²) in [5.41, 5.74) is -0.506. The molecule has 0 radical (unpaired) electrons. The molecule has 2 rings (SSSR count). The van der Waals surface area contributed by atoms with E-state index in [9.17, 15) is 13.6 Å². The number of anilines is 1. The smallest absolute Gasteiger partial charge is 0.257 e. The number of carbonyl (C=O) groups is 1. The van der Waals surface area contributed by atoms with Gasteiger partial charge in [0.25, 0.3) is 5.91 Å². The Kier molecular flexibility index (Phi) is 4.93. The van der Waals surface area contributed by atoms with Gasteiger partial charge in [0.15, 0.2) is 11.5 Å². The molecular formula is C14H11F2N5O. The highest BCUT2D eigenvalue weighted by atomic mass is 19.1. The molecule has 1 amide bonds. The SMILES string of the molecule is N#Cc1nccnc1NCCNC(=O)c1c(F)cccc1F. The number of nitrogens with zero attached hydrogens (tertiary/aromatic N) is 3. The Labute approximate surface area is 124 Å². The van der Waals surface area contributed by atoms with Crippen molar-refractivity contribution in [2.45, 2.75) is 0 Å². The van der Waals surface area contributed by atoms with E-state index in [2.05, 4.69) is 20.6 Å². The zero-order valence-electron chi connectivity index (χ0n) is 11.3. The summed E-state index contributed by atoms with van der Waals surface area (Å²) >= 11 is 0. The molecule has 0 aliphatic carbocycles. The third kappa shape index (κ3) is 3.52. The van der Waals surface area contributed by atoms with Crippen LogP contribution in [-0.2, 0) is 0 Å². The van der Waals surface area contributed by atoms with Crippen molar-refractivity contribution in [1.82, 2.24) is 15.3 Å². The average molecular weight is 303 g/mol. The standard InChI is InChI=1S/C14H11F2N5O/c15-9-2-1-3-10(16)12(9)14(22)21-7-6-20-13-11(8-17)18-4-5-19-13/h1-5H,6-7H2,(H,19,20)(H,21,22). The third-order valence-corrected chi connectivity index (χ3v) is 2.70. The second-order valence-corrected chi connectivity index (χ2v) is 4.14. The van der Waals surface area contributed by atoms with Gasteiger partial charge < -0.3 is 10.6 Å². The van der Waals surface area contributed by atoms with Crippen molar-refractivity contribution >= 4 is 11.7 Å². The maximum Gasteiger partial charge on any atom is 0.257 e. The first-order valence-corrected chi connectivity index (χ1v) is 6.30. The number of halogens is 2. The molecule has 0 aliphatic heterocycles. The molecule has 2 aromatic rings. The molecule has 1 aromatic carbocycles. The summed E-state index contributed by atoms with van der Waals surface area (Å²) < 4.78 is 26.8. The summed E-state index contributed by atoms with van der Waals surface area (Å²) in [6, 6.07) is 5.06. The summed E-state index contributed by atoms with van der Waals surface area (Å²) in [6.07, 6.45) is 2.79. The van der Waals surface area contributed by atoms with Gasteiger partial charge in [-0.2, -0.15) is 5.26 Å². The molecule has 1 heterocycles. The second-order valence-electron chi connectivity index (χ2n) is 4.14. The molecular weight excluding hydrogens is 292 g/mol. The topological polar surface area (TPSA) is 90.7 Å². The second kappa shape index (κ2) is 7.08. The number of amides is 1. The molecule has 112 valence electrons. The maximum atomic E-state index is 13.4. The molecule has 6 nitrogen and oxygen atoms in total. The molecule has 2 N–H and O–H groups in total. The van der Waals surface area contributed by atoms with Crippen LogP contribution in [0.15, 0.2) is 30.6 Å².